The van der Waals surface area contributed by atoms with Crippen LogP contribution in [-0.2, 0) is 22.6 Å². The van der Waals surface area contributed by atoms with Crippen molar-refractivity contribution < 1.29 is 44.3 Å². The van der Waals surface area contributed by atoms with Gasteiger partial charge in [-0.15, -0.1) is 0 Å². The van der Waals surface area contributed by atoms with E-state index in [0.29, 0.717) is 25.3 Å². The third-order valence-corrected chi connectivity index (χ3v) is 6.10. The summed E-state index contributed by atoms with van der Waals surface area (Å²) in [5.41, 5.74) is 3.45. The zero-order valence-electron chi connectivity index (χ0n) is 17.0. The normalized spacial score (nSPS) is 25.8. The molecule has 29 heavy (non-hydrogen) atoms. The summed E-state index contributed by atoms with van der Waals surface area (Å²) in [6, 6.07) is 16.7. The molecule has 1 heterocycles. The van der Waals surface area contributed by atoms with Crippen molar-refractivity contribution in [2.75, 3.05) is 0 Å². The molecule has 0 aromatic heterocycles. The molecule has 2 aromatic rings. The first-order valence-electron chi connectivity index (χ1n) is 9.93. The van der Waals surface area contributed by atoms with E-state index in [2.05, 4.69) is 24.4 Å². The number of fused-ring (bicyclic) bond motifs is 1. The van der Waals surface area contributed by atoms with Crippen LogP contribution in [0.15, 0.2) is 54.6 Å². The monoisotopic (exact) mass is 400 g/mol. The van der Waals surface area contributed by atoms with E-state index >= 15 is 0 Å². The maximum Gasteiger partial charge on any atom is 1.00 e. The van der Waals surface area contributed by atoms with E-state index < -0.39 is 18.1 Å². The van der Waals surface area contributed by atoms with Crippen LogP contribution >= 0.6 is 0 Å². The molecule has 1 N–H and O–H groups in total. The van der Waals surface area contributed by atoms with E-state index in [9.17, 15) is 14.7 Å². The van der Waals surface area contributed by atoms with Gasteiger partial charge in [-0.3, -0.25) is 9.69 Å². The van der Waals surface area contributed by atoms with Crippen LogP contribution in [-0.4, -0.2) is 28.9 Å². The molecule has 0 spiro atoms. The second-order valence-corrected chi connectivity index (χ2v) is 7.95. The number of carbonyl (C=O) groups is 2. The number of benzene rings is 2. The van der Waals surface area contributed by atoms with Crippen LogP contribution in [0.2, 0.25) is 0 Å². The molecule has 1 aliphatic carbocycles. The molecule has 1 aliphatic heterocycles. The molecule has 2 aromatic carbocycles. The number of hydrogen-bond acceptors (Lipinski definition) is 4. The number of likely N-dealkylation sites (tertiary alicyclic amines) is 1. The molecule has 146 valence electrons. The first-order valence-corrected chi connectivity index (χ1v) is 9.93. The smallest absolute Gasteiger partial charge is 0.548 e. The number of amides is 1. The van der Waals surface area contributed by atoms with Gasteiger partial charge in [-0.1, -0.05) is 61.5 Å². The van der Waals surface area contributed by atoms with Gasteiger partial charge in [0.15, 0.2) is 0 Å². The molecule has 4 rings (SSSR count). The van der Waals surface area contributed by atoms with E-state index in [1.165, 1.54) is 11.1 Å². The summed E-state index contributed by atoms with van der Waals surface area (Å²) in [5.74, 6) is -0.874. The van der Waals surface area contributed by atoms with Gasteiger partial charge in [0.2, 0.25) is 5.91 Å². The average Bonchev–Trinajstić information content (AvgIpc) is 3.24. The molecule has 1 saturated heterocycles. The number of carboxylic acids is 1. The molecule has 5 nitrogen and oxygen atoms in total. The number of carbonyl (C=O) groups excluding carboxylic acids is 2. The maximum absolute atomic E-state index is 13.2. The summed E-state index contributed by atoms with van der Waals surface area (Å²) in [6.07, 6.45) is 1.91. The standard InChI is InChI=1S/C23H26N2O3.Na/c1-15-13-17-9-5-6-10-18(17)21(15)24-22(26)19-11-12-20(23(27)28)25(19)14-16-7-3-2-4-8-16;/h2-10,15,19-21H,11-14H2,1H3,(H,24,26)(H,27,28);/q;+1/p-1. The largest absolute Gasteiger partial charge is 1.00 e. The molecule has 6 heteroatoms. The first kappa shape index (κ1) is 22.0. The van der Waals surface area contributed by atoms with Crippen molar-refractivity contribution in [1.82, 2.24) is 10.2 Å². The molecule has 0 radical (unpaired) electrons. The number of nitrogens with zero attached hydrogens (tertiary/aromatic N) is 1. The Hall–Kier alpha value is -1.66. The van der Waals surface area contributed by atoms with Crippen molar-refractivity contribution in [2.45, 2.75) is 50.9 Å². The fourth-order valence-corrected chi connectivity index (χ4v) is 4.68. The molecular weight excluding hydrogens is 375 g/mol. The van der Waals surface area contributed by atoms with Crippen LogP contribution in [0.4, 0.5) is 0 Å². The topological polar surface area (TPSA) is 72.5 Å². The third kappa shape index (κ3) is 4.58. The molecule has 2 aliphatic rings. The van der Waals surface area contributed by atoms with Gasteiger partial charge in [0, 0.05) is 6.54 Å². The fraction of sp³-hybridized carbons (Fsp3) is 0.391. The minimum Gasteiger partial charge on any atom is -0.548 e. The maximum atomic E-state index is 13.2. The van der Waals surface area contributed by atoms with Crippen molar-refractivity contribution in [2.24, 2.45) is 5.92 Å². The van der Waals surface area contributed by atoms with Gasteiger partial charge >= 0.3 is 29.6 Å². The van der Waals surface area contributed by atoms with Gasteiger partial charge in [-0.05, 0) is 41.9 Å². The second-order valence-electron chi connectivity index (χ2n) is 7.95. The van der Waals surface area contributed by atoms with Gasteiger partial charge in [0.25, 0.3) is 0 Å². The van der Waals surface area contributed by atoms with Crippen LogP contribution < -0.4 is 40.0 Å². The molecule has 1 fully saturated rings. The van der Waals surface area contributed by atoms with Crippen molar-refractivity contribution in [1.29, 1.82) is 0 Å². The summed E-state index contributed by atoms with van der Waals surface area (Å²) in [5, 5.41) is 14.9. The summed E-state index contributed by atoms with van der Waals surface area (Å²) in [7, 11) is 0. The first-order chi connectivity index (χ1) is 13.5. The van der Waals surface area contributed by atoms with Crippen molar-refractivity contribution in [3.05, 3.63) is 71.3 Å². The minimum atomic E-state index is -1.11. The van der Waals surface area contributed by atoms with Gasteiger partial charge < -0.3 is 15.2 Å². The molecule has 0 bridgehead atoms. The van der Waals surface area contributed by atoms with Crippen molar-refractivity contribution in [3.8, 4) is 0 Å². The van der Waals surface area contributed by atoms with Crippen molar-refractivity contribution >= 4 is 11.9 Å². The summed E-state index contributed by atoms with van der Waals surface area (Å²) >= 11 is 0. The molecule has 0 saturated carbocycles. The number of aliphatic carboxylic acids is 1. The van der Waals surface area contributed by atoms with E-state index in [4.69, 9.17) is 0 Å². The van der Waals surface area contributed by atoms with E-state index in [1.807, 2.05) is 42.5 Å². The molecule has 4 unspecified atom stereocenters. The van der Waals surface area contributed by atoms with Gasteiger partial charge in [0.1, 0.15) is 0 Å². The Kier molecular flexibility index (Phi) is 7.17. The Morgan fingerprint density at radius 1 is 1.03 bits per heavy atom. The Balaban J connectivity index is 0.00000240. The molecule has 4 atom stereocenters. The Bertz CT molecular complexity index is 873. The number of nitrogens with one attached hydrogen (secondary N) is 1. The molecule has 1 amide bonds. The van der Waals surface area contributed by atoms with Crippen LogP contribution in [0.5, 0.6) is 0 Å². The summed E-state index contributed by atoms with van der Waals surface area (Å²) in [4.78, 5) is 26.6. The SMILES string of the molecule is CC1Cc2ccccc2C1NC(=O)C1CCC(C(=O)[O-])N1Cc1ccccc1.[Na+]. The van der Waals surface area contributed by atoms with E-state index in [0.717, 1.165) is 12.0 Å². The Morgan fingerprint density at radius 3 is 2.41 bits per heavy atom. The zero-order chi connectivity index (χ0) is 19.7. The predicted octanol–water partition coefficient (Wildman–Crippen LogP) is -1.18. The van der Waals surface area contributed by atoms with E-state index in [-0.39, 0.29) is 41.5 Å². The van der Waals surface area contributed by atoms with Crippen LogP contribution in [0.3, 0.4) is 0 Å². The number of hydrogen-bond donors (Lipinski definition) is 1. The van der Waals surface area contributed by atoms with Crippen LogP contribution in [0.25, 0.3) is 0 Å². The Labute approximate surface area is 193 Å². The second kappa shape index (κ2) is 9.43. The number of carboxylic acid groups (broad SMARTS) is 1. The van der Waals surface area contributed by atoms with Crippen LogP contribution in [0, 0.1) is 5.92 Å². The van der Waals surface area contributed by atoms with Crippen LogP contribution in [0.1, 0.15) is 42.5 Å². The fourth-order valence-electron chi connectivity index (χ4n) is 4.68. The number of rotatable bonds is 5. The molecular formula is C23H25N2NaO3. The summed E-state index contributed by atoms with van der Waals surface area (Å²) in [6.45, 7) is 2.57. The summed E-state index contributed by atoms with van der Waals surface area (Å²) < 4.78 is 0. The predicted molar refractivity (Wildman–Crippen MR) is 104 cm³/mol. The average molecular weight is 400 g/mol. The Morgan fingerprint density at radius 2 is 1.69 bits per heavy atom. The van der Waals surface area contributed by atoms with Gasteiger partial charge in [-0.25, -0.2) is 0 Å². The van der Waals surface area contributed by atoms with E-state index in [1.54, 1.807) is 4.90 Å². The zero-order valence-corrected chi connectivity index (χ0v) is 19.0. The quantitative estimate of drug-likeness (QED) is 0.642. The third-order valence-electron chi connectivity index (χ3n) is 6.10. The van der Waals surface area contributed by atoms with Crippen molar-refractivity contribution in [3.63, 3.8) is 0 Å². The van der Waals surface area contributed by atoms with Gasteiger partial charge in [-0.2, -0.15) is 0 Å². The minimum absolute atomic E-state index is 0. The van der Waals surface area contributed by atoms with Gasteiger partial charge in [0.05, 0.1) is 24.1 Å².